The van der Waals surface area contributed by atoms with Gasteiger partial charge in [0.15, 0.2) is 5.01 Å². The molecule has 9 heteroatoms. The van der Waals surface area contributed by atoms with E-state index in [9.17, 15) is 9.90 Å². The highest BCUT2D eigenvalue weighted by Gasteiger charge is 2.30. The van der Waals surface area contributed by atoms with Crippen molar-refractivity contribution in [1.82, 2.24) is 24.6 Å². The second kappa shape index (κ2) is 11.9. The fraction of sp³-hybridized carbons (Fsp3) is 0.500. The molecule has 1 aromatic carbocycles. The summed E-state index contributed by atoms with van der Waals surface area (Å²) in [5, 5.41) is 15.7. The molecule has 1 fully saturated rings. The van der Waals surface area contributed by atoms with Gasteiger partial charge in [-0.15, -0.1) is 0 Å². The van der Waals surface area contributed by atoms with Crippen molar-refractivity contribution in [3.05, 3.63) is 63.7 Å². The standard InChI is InChI=1S/C32H39N5O2S2/c1-32(2,3)24-8-9-26-22(16-24)17-28-30(35-26)41-31(36-28)29(39)34-27(12-15-37-13-10-25(38)11-14-37)21-6-4-20(5-7-21)23-18-33-40-19-23/h4-7,17-19,24-25,27,38H,8-16H2,1-3H3,(H,34,39)/t24-,27+/m0/s1. The fourth-order valence-corrected chi connectivity index (χ4v) is 7.49. The van der Waals surface area contributed by atoms with Gasteiger partial charge in [0.05, 0.1) is 12.1 Å². The number of carbonyl (C=O) groups excluding carboxylic acids is 1. The molecule has 2 atom stereocenters. The van der Waals surface area contributed by atoms with E-state index in [1.807, 2.05) is 11.6 Å². The van der Waals surface area contributed by atoms with E-state index in [-0.39, 0.29) is 23.5 Å². The summed E-state index contributed by atoms with van der Waals surface area (Å²) in [4.78, 5) is 26.6. The Kier molecular flexibility index (Phi) is 8.23. The van der Waals surface area contributed by atoms with E-state index >= 15 is 0 Å². The number of nitrogens with zero attached hydrogens (tertiary/aromatic N) is 4. The largest absolute Gasteiger partial charge is 0.393 e. The van der Waals surface area contributed by atoms with E-state index in [2.05, 4.69) is 65.7 Å². The molecule has 3 aromatic heterocycles. The summed E-state index contributed by atoms with van der Waals surface area (Å²) in [6.07, 6.45) is 7.24. The fourth-order valence-electron chi connectivity index (χ4n) is 6.10. The molecule has 0 saturated carbocycles. The third-order valence-corrected chi connectivity index (χ3v) is 10.4. The van der Waals surface area contributed by atoms with Gasteiger partial charge in [0.1, 0.15) is 10.3 Å². The minimum atomic E-state index is -0.196. The second-order valence-electron chi connectivity index (χ2n) is 12.7. The average Bonchev–Trinajstić information content (AvgIpc) is 3.64. The van der Waals surface area contributed by atoms with Crippen LogP contribution in [0.25, 0.3) is 21.5 Å². The van der Waals surface area contributed by atoms with Gasteiger partial charge in [0.2, 0.25) is 0 Å². The van der Waals surface area contributed by atoms with E-state index in [1.165, 1.54) is 34.1 Å². The predicted octanol–water partition coefficient (Wildman–Crippen LogP) is 6.28. The predicted molar refractivity (Wildman–Crippen MR) is 166 cm³/mol. The number of carbonyl (C=O) groups is 1. The number of hydrogen-bond acceptors (Lipinski definition) is 8. The van der Waals surface area contributed by atoms with E-state index in [4.69, 9.17) is 9.97 Å². The Labute approximate surface area is 250 Å². The van der Waals surface area contributed by atoms with Crippen molar-refractivity contribution in [3.8, 4) is 11.1 Å². The van der Waals surface area contributed by atoms with Gasteiger partial charge in [-0.1, -0.05) is 56.4 Å². The van der Waals surface area contributed by atoms with Crippen LogP contribution in [-0.4, -0.2) is 56.0 Å². The maximum atomic E-state index is 13.6. The van der Waals surface area contributed by atoms with Gasteiger partial charge in [-0.05, 0) is 84.1 Å². The van der Waals surface area contributed by atoms with Gasteiger partial charge >= 0.3 is 0 Å². The van der Waals surface area contributed by atoms with Crippen molar-refractivity contribution >= 4 is 39.1 Å². The van der Waals surface area contributed by atoms with E-state index < -0.39 is 0 Å². The monoisotopic (exact) mass is 589 g/mol. The molecule has 4 aromatic rings. The Bertz CT molecular complexity index is 1490. The molecule has 1 amide bonds. The highest BCUT2D eigenvalue weighted by molar-refractivity contribution is 7.19. The number of thiazole rings is 1. The molecule has 0 radical (unpaired) electrons. The number of likely N-dealkylation sites (tertiary alicyclic amines) is 1. The number of aromatic nitrogens is 3. The van der Waals surface area contributed by atoms with Crippen molar-refractivity contribution in [1.29, 1.82) is 0 Å². The SMILES string of the molecule is CC(C)(C)[C@H]1CCc2nc3sc(C(=O)N[C@H](CCN4CCC(O)CC4)c4ccc(-c5cnsc5)cc4)nc3cc2C1. The zero-order valence-electron chi connectivity index (χ0n) is 24.1. The highest BCUT2D eigenvalue weighted by Crippen LogP contribution is 2.38. The van der Waals surface area contributed by atoms with Crippen LogP contribution in [0.2, 0.25) is 0 Å². The van der Waals surface area contributed by atoms with Crippen LogP contribution in [0.4, 0.5) is 0 Å². The number of aliphatic hydroxyl groups excluding tert-OH is 1. The molecule has 7 nitrogen and oxygen atoms in total. The van der Waals surface area contributed by atoms with Crippen LogP contribution in [0.3, 0.4) is 0 Å². The van der Waals surface area contributed by atoms with Gasteiger partial charge in [-0.25, -0.2) is 14.3 Å². The normalized spacial score (nSPS) is 19.3. The van der Waals surface area contributed by atoms with Crippen LogP contribution in [0, 0.1) is 11.3 Å². The van der Waals surface area contributed by atoms with Crippen molar-refractivity contribution in [2.24, 2.45) is 11.3 Å². The number of amides is 1. The molecule has 4 heterocycles. The quantitative estimate of drug-likeness (QED) is 0.264. The second-order valence-corrected chi connectivity index (χ2v) is 14.3. The number of aliphatic hydroxyl groups is 1. The Morgan fingerprint density at radius 2 is 1.90 bits per heavy atom. The Morgan fingerprint density at radius 1 is 1.12 bits per heavy atom. The number of pyridine rings is 1. The van der Waals surface area contributed by atoms with Gasteiger partial charge in [-0.2, -0.15) is 0 Å². The first-order valence-corrected chi connectivity index (χ1v) is 16.4. The Morgan fingerprint density at radius 3 is 2.61 bits per heavy atom. The lowest BCUT2D eigenvalue weighted by Gasteiger charge is -2.34. The molecular weight excluding hydrogens is 551 g/mol. The summed E-state index contributed by atoms with van der Waals surface area (Å²) in [7, 11) is 0. The average molecular weight is 590 g/mol. The zero-order valence-corrected chi connectivity index (χ0v) is 25.7. The molecule has 1 saturated heterocycles. The lowest BCUT2D eigenvalue weighted by atomic mass is 9.71. The van der Waals surface area contributed by atoms with Crippen LogP contribution >= 0.6 is 22.9 Å². The molecule has 216 valence electrons. The molecule has 0 unspecified atom stereocenters. The summed E-state index contributed by atoms with van der Waals surface area (Å²) in [6, 6.07) is 10.4. The lowest BCUT2D eigenvalue weighted by Crippen LogP contribution is -2.38. The van der Waals surface area contributed by atoms with Crippen LogP contribution in [0.15, 0.2) is 41.9 Å². The molecule has 6 rings (SSSR count). The summed E-state index contributed by atoms with van der Waals surface area (Å²) in [5.74, 6) is 0.477. The topological polar surface area (TPSA) is 91.2 Å². The third-order valence-electron chi connectivity index (χ3n) is 8.84. The highest BCUT2D eigenvalue weighted by atomic mass is 32.1. The maximum absolute atomic E-state index is 13.6. The summed E-state index contributed by atoms with van der Waals surface area (Å²) in [6.45, 7) is 9.58. The zero-order chi connectivity index (χ0) is 28.6. The summed E-state index contributed by atoms with van der Waals surface area (Å²) in [5.41, 5.74) is 6.84. The third kappa shape index (κ3) is 6.53. The first-order chi connectivity index (χ1) is 19.7. The lowest BCUT2D eigenvalue weighted by molar-refractivity contribution is 0.0795. The van der Waals surface area contributed by atoms with Crippen LogP contribution in [-0.2, 0) is 12.8 Å². The molecule has 2 aliphatic rings. The molecule has 2 N–H and O–H groups in total. The molecule has 0 bridgehead atoms. The molecule has 0 spiro atoms. The van der Waals surface area contributed by atoms with Crippen molar-refractivity contribution < 1.29 is 9.90 Å². The van der Waals surface area contributed by atoms with E-state index in [0.717, 1.165) is 85.2 Å². The van der Waals surface area contributed by atoms with E-state index in [0.29, 0.717) is 10.9 Å². The molecule has 1 aliphatic heterocycles. The van der Waals surface area contributed by atoms with Crippen LogP contribution in [0.5, 0.6) is 0 Å². The molecular formula is C32H39N5O2S2. The summed E-state index contributed by atoms with van der Waals surface area (Å²) >= 11 is 2.83. The first kappa shape index (κ1) is 28.4. The number of nitrogens with one attached hydrogen (secondary N) is 1. The van der Waals surface area contributed by atoms with Gasteiger partial charge in [0, 0.05) is 42.5 Å². The van der Waals surface area contributed by atoms with Crippen LogP contribution in [0.1, 0.15) is 79.1 Å². The Balaban J connectivity index is 1.21. The van der Waals surface area contributed by atoms with Gasteiger partial charge < -0.3 is 15.3 Å². The van der Waals surface area contributed by atoms with Crippen molar-refractivity contribution in [3.63, 3.8) is 0 Å². The van der Waals surface area contributed by atoms with E-state index in [1.54, 1.807) is 0 Å². The first-order valence-electron chi connectivity index (χ1n) is 14.7. The number of rotatable bonds is 7. The van der Waals surface area contributed by atoms with Gasteiger partial charge in [-0.3, -0.25) is 4.79 Å². The smallest absolute Gasteiger partial charge is 0.280 e. The molecule has 41 heavy (non-hydrogen) atoms. The number of hydrogen-bond donors (Lipinski definition) is 2. The number of fused-ring (bicyclic) bond motifs is 2. The van der Waals surface area contributed by atoms with Crippen LogP contribution < -0.4 is 5.32 Å². The van der Waals surface area contributed by atoms with Crippen molar-refractivity contribution in [2.75, 3.05) is 19.6 Å². The minimum Gasteiger partial charge on any atom is -0.393 e. The minimum absolute atomic E-state index is 0.148. The van der Waals surface area contributed by atoms with Gasteiger partial charge in [0.25, 0.3) is 5.91 Å². The molecule has 1 aliphatic carbocycles. The number of benzene rings is 1. The Hall–Kier alpha value is -2.72. The maximum Gasteiger partial charge on any atom is 0.280 e. The number of aryl methyl sites for hydroxylation is 1. The number of piperidine rings is 1. The summed E-state index contributed by atoms with van der Waals surface area (Å²) < 4.78 is 4.22. The van der Waals surface area contributed by atoms with Crippen molar-refractivity contribution in [2.45, 2.75) is 71.4 Å².